The Kier molecular flexibility index (Phi) is 14.4. The van der Waals surface area contributed by atoms with Crippen LogP contribution in [-0.2, 0) is 0 Å². The number of aromatic nitrogens is 8. The Morgan fingerprint density at radius 3 is 0.907 bits per heavy atom. The van der Waals surface area contributed by atoms with E-state index in [0.29, 0.717) is 0 Å². The van der Waals surface area contributed by atoms with Gasteiger partial charge >= 0.3 is 0 Å². The van der Waals surface area contributed by atoms with Crippen LogP contribution in [0.3, 0.4) is 0 Å². The molecule has 0 fully saturated rings. The maximum absolute atomic E-state index is 6.90. The van der Waals surface area contributed by atoms with E-state index in [2.05, 4.69) is 473 Å². The van der Waals surface area contributed by atoms with E-state index in [1.54, 1.807) is 0 Å². The number of fused-ring (bicyclic) bond motifs is 27. The van der Waals surface area contributed by atoms with Gasteiger partial charge in [0.1, 0.15) is 11.2 Å². The van der Waals surface area contributed by atoms with Crippen LogP contribution in [0.2, 0.25) is 0 Å². The number of furan rings is 1. The summed E-state index contributed by atoms with van der Waals surface area (Å²) in [5.74, 6) is 0. The van der Waals surface area contributed by atoms with Gasteiger partial charge < -0.3 is 41.0 Å². The molecule has 0 spiro atoms. The molecule has 0 unspecified atom stereocenters. The summed E-state index contributed by atoms with van der Waals surface area (Å²) < 4.78 is 26.5. The summed E-state index contributed by atoms with van der Waals surface area (Å²) in [6.07, 6.45) is 0. The first-order valence-corrected chi connectivity index (χ1v) is 44.4. The van der Waals surface area contributed by atoms with Crippen molar-refractivity contribution in [3.05, 3.63) is 437 Å². The van der Waals surface area contributed by atoms with Gasteiger partial charge in [0, 0.05) is 137 Å². The van der Waals surface area contributed by atoms with Crippen molar-refractivity contribution >= 4 is 196 Å². The number of para-hydroxylation sites is 10. The zero-order valence-electron chi connectivity index (χ0n) is 69.6. The van der Waals surface area contributed by atoms with Crippen LogP contribution in [-0.4, -0.2) is 36.5 Å². The Bertz CT molecular complexity index is 9860. The van der Waals surface area contributed by atoms with Gasteiger partial charge in [0.2, 0.25) is 0 Å². The Morgan fingerprint density at radius 1 is 0.132 bits per heavy atom. The highest BCUT2D eigenvalue weighted by Crippen LogP contribution is 2.49. The van der Waals surface area contributed by atoms with Crippen molar-refractivity contribution in [2.45, 2.75) is 0 Å². The molecule has 9 heterocycles. The Balaban J connectivity index is 0.508. The molecule has 29 aromatic rings. The van der Waals surface area contributed by atoms with Crippen molar-refractivity contribution in [1.29, 1.82) is 0 Å². The second-order valence-electron chi connectivity index (χ2n) is 34.6. The molecular formula is C120H72N8O. The first-order valence-electron chi connectivity index (χ1n) is 44.4. The quantitative estimate of drug-likeness (QED) is 0.135. The average Bonchev–Trinajstić information content (AvgIpc) is 1.56. The van der Waals surface area contributed by atoms with Gasteiger partial charge in [0.15, 0.2) is 0 Å². The summed E-state index contributed by atoms with van der Waals surface area (Å²) in [4.78, 5) is 0. The summed E-state index contributed by atoms with van der Waals surface area (Å²) in [5, 5.41) is 21.5. The van der Waals surface area contributed by atoms with Crippen LogP contribution < -0.4 is 0 Å². The fourth-order valence-corrected chi connectivity index (χ4v) is 22.6. The van der Waals surface area contributed by atoms with Crippen molar-refractivity contribution in [2.75, 3.05) is 0 Å². The van der Waals surface area contributed by atoms with Gasteiger partial charge in [-0.3, -0.25) is 0 Å². The Hall–Kier alpha value is -17.4. The van der Waals surface area contributed by atoms with Gasteiger partial charge in [-0.25, -0.2) is 0 Å². The fraction of sp³-hybridized carbons (Fsp3) is 0. The van der Waals surface area contributed by atoms with E-state index in [1.807, 2.05) is 0 Å². The summed E-state index contributed by atoms with van der Waals surface area (Å²) in [6.45, 7) is 0. The molecule has 0 atom stereocenters. The van der Waals surface area contributed by atoms with Gasteiger partial charge in [-0.2, -0.15) is 0 Å². The molecule has 598 valence electrons. The molecule has 9 nitrogen and oxygen atoms in total. The van der Waals surface area contributed by atoms with E-state index in [-0.39, 0.29) is 0 Å². The minimum absolute atomic E-state index is 0.848. The van der Waals surface area contributed by atoms with E-state index in [0.717, 1.165) is 139 Å². The number of benzene rings is 20. The average molecular weight is 1640 g/mol. The lowest BCUT2D eigenvalue weighted by atomic mass is 9.98. The first-order chi connectivity index (χ1) is 64.0. The van der Waals surface area contributed by atoms with Gasteiger partial charge in [0.05, 0.1) is 94.0 Å². The predicted octanol–water partition coefficient (Wildman–Crippen LogP) is 31.7. The first kappa shape index (κ1) is 70.0. The third kappa shape index (κ3) is 9.92. The topological polar surface area (TPSA) is 52.6 Å². The molecule has 0 aliphatic carbocycles. The highest BCUT2D eigenvalue weighted by atomic mass is 16.3. The molecular weight excluding hydrogens is 1570 g/mol. The summed E-state index contributed by atoms with van der Waals surface area (Å²) in [5.41, 5.74) is 33.8. The third-order valence-electron chi connectivity index (χ3n) is 28.0. The number of rotatable bonds is 10. The van der Waals surface area contributed by atoms with Crippen molar-refractivity contribution < 1.29 is 4.42 Å². The SMILES string of the molecule is c1ccc(-n2c3ccc(-n4c5ccccc5c5cc(-n6c7ccccc7c7ccccc76)ccc54)cc3c3ccc(-c4cccc5c4c4ccccc4n5-c4ccc5c(c4)c4ccccc4n5-c4ccc5oc6cc(-c7ccc8c(c7)c7ccccc7n8-c7ccc8c(c7)c7ccccc7n8-c7cccc8c7c7ccccc7n8-c7ccccc7)ccc6c5c4)cc32)cc1. The lowest BCUT2D eigenvalue weighted by Crippen LogP contribution is -1.97. The number of hydrogen-bond donors (Lipinski definition) is 0. The molecule has 0 saturated heterocycles. The largest absolute Gasteiger partial charge is 0.456 e. The molecule has 0 radical (unpaired) electrons. The van der Waals surface area contributed by atoms with Crippen molar-refractivity contribution in [3.63, 3.8) is 0 Å². The molecule has 9 heteroatoms. The second-order valence-corrected chi connectivity index (χ2v) is 34.6. The Morgan fingerprint density at radius 2 is 0.426 bits per heavy atom. The van der Waals surface area contributed by atoms with E-state index < -0.39 is 0 Å². The number of hydrogen-bond acceptors (Lipinski definition) is 1. The lowest BCUT2D eigenvalue weighted by Gasteiger charge is -2.12. The molecule has 0 amide bonds. The monoisotopic (exact) mass is 1640 g/mol. The van der Waals surface area contributed by atoms with Crippen LogP contribution in [0.25, 0.3) is 264 Å². The predicted molar refractivity (Wildman–Crippen MR) is 539 cm³/mol. The van der Waals surface area contributed by atoms with E-state index in [4.69, 9.17) is 4.42 Å². The normalized spacial score (nSPS) is 12.3. The highest BCUT2D eigenvalue weighted by molar-refractivity contribution is 6.22. The standard InChI is InChI=1S/C120H72N8O/c1-3-25-76(26-4-1)121-107-45-22-14-36-93(107)120-114(121)47-24-48-115(120)128-105-43-20-12-34-89(105)97-69-80(55-63-112(97)128)124-102-40-17-9-31-86(102)94-65-73(51-59-108(94)124)74-49-58-91-99-72-82(56-64-117(99)129-118(91)67-74)126-104-42-19-11-33-88(104)96-71-81(54-62-111(96)126)127-106-44-21-13-35-92(106)119-83(37-23-46-113(119)127)75-50-57-90-98-70-79(52-60-109(98)122(116(90)66-75)77-27-5-2-6-28-77)125-103-41-18-10-32-87(103)95-68-78(53-61-110(95)125)123-100-38-15-7-29-84(100)85-30-8-16-39-101(85)123/h1-72H. The molecule has 0 N–H and O–H groups in total. The van der Waals surface area contributed by atoms with Crippen molar-refractivity contribution in [2.24, 2.45) is 0 Å². The van der Waals surface area contributed by atoms with Crippen molar-refractivity contribution in [3.8, 4) is 67.8 Å². The van der Waals surface area contributed by atoms with Crippen LogP contribution >= 0.6 is 0 Å². The smallest absolute Gasteiger partial charge is 0.136 e. The minimum atomic E-state index is 0.848. The molecule has 0 aliphatic rings. The Labute approximate surface area is 736 Å². The third-order valence-corrected chi connectivity index (χ3v) is 28.0. The van der Waals surface area contributed by atoms with Crippen LogP contribution in [0, 0.1) is 0 Å². The summed E-state index contributed by atoms with van der Waals surface area (Å²) in [6, 6.07) is 162. The zero-order chi connectivity index (χ0) is 84.0. The summed E-state index contributed by atoms with van der Waals surface area (Å²) in [7, 11) is 0. The summed E-state index contributed by atoms with van der Waals surface area (Å²) >= 11 is 0. The number of nitrogens with zero attached hydrogens (tertiary/aromatic N) is 8. The molecule has 0 bridgehead atoms. The van der Waals surface area contributed by atoms with E-state index in [1.165, 1.54) is 125 Å². The van der Waals surface area contributed by atoms with Gasteiger partial charge in [-0.05, 0) is 235 Å². The van der Waals surface area contributed by atoms with Crippen LogP contribution in [0.5, 0.6) is 0 Å². The zero-order valence-corrected chi connectivity index (χ0v) is 69.6. The molecule has 129 heavy (non-hydrogen) atoms. The fourth-order valence-electron chi connectivity index (χ4n) is 22.6. The maximum Gasteiger partial charge on any atom is 0.136 e. The van der Waals surface area contributed by atoms with Crippen LogP contribution in [0.4, 0.5) is 0 Å². The molecule has 20 aromatic carbocycles. The molecule has 29 rings (SSSR count). The molecule has 0 aliphatic heterocycles. The molecule has 0 saturated carbocycles. The van der Waals surface area contributed by atoms with Crippen molar-refractivity contribution in [1.82, 2.24) is 36.5 Å². The van der Waals surface area contributed by atoms with Gasteiger partial charge in [0.25, 0.3) is 0 Å². The van der Waals surface area contributed by atoms with Crippen LogP contribution in [0.1, 0.15) is 0 Å². The lowest BCUT2D eigenvalue weighted by molar-refractivity contribution is 0.669. The van der Waals surface area contributed by atoms with E-state index in [9.17, 15) is 0 Å². The van der Waals surface area contributed by atoms with Gasteiger partial charge in [-0.15, -0.1) is 0 Å². The molecule has 9 aromatic heterocycles. The maximum atomic E-state index is 6.90. The minimum Gasteiger partial charge on any atom is -0.456 e. The van der Waals surface area contributed by atoms with Gasteiger partial charge in [-0.1, -0.05) is 224 Å². The second kappa shape index (κ2) is 26.6. The van der Waals surface area contributed by atoms with E-state index >= 15 is 0 Å². The van der Waals surface area contributed by atoms with Crippen LogP contribution in [0.15, 0.2) is 441 Å². The highest BCUT2D eigenvalue weighted by Gasteiger charge is 2.27.